The van der Waals surface area contributed by atoms with Gasteiger partial charge >= 0.3 is 0 Å². The van der Waals surface area contributed by atoms with Crippen molar-refractivity contribution in [1.82, 2.24) is 10.2 Å². The quantitative estimate of drug-likeness (QED) is 0.567. The highest BCUT2D eigenvalue weighted by Gasteiger charge is 2.24. The van der Waals surface area contributed by atoms with Crippen LogP contribution in [0.15, 0.2) is 52.1 Å². The number of amides is 1. The lowest BCUT2D eigenvalue weighted by Gasteiger charge is -2.21. The van der Waals surface area contributed by atoms with Crippen LogP contribution in [0, 0.1) is 5.92 Å². The monoisotopic (exact) mass is 384 g/mol. The molecule has 1 unspecified atom stereocenters. The SMILES string of the molecule is CCNC(=NCc1ccc(NC(=O)c2ccco2)cc1)N1CCC(COC)C1. The molecule has 2 heterocycles. The Labute approximate surface area is 165 Å². The van der Waals surface area contributed by atoms with Crippen LogP contribution in [0.2, 0.25) is 0 Å². The maximum Gasteiger partial charge on any atom is 0.291 e. The Hall–Kier alpha value is -2.80. The fraction of sp³-hybridized carbons (Fsp3) is 0.429. The zero-order valence-corrected chi connectivity index (χ0v) is 16.5. The van der Waals surface area contributed by atoms with Gasteiger partial charge in [-0.2, -0.15) is 0 Å². The summed E-state index contributed by atoms with van der Waals surface area (Å²) in [6, 6.07) is 11.0. The average molecular weight is 384 g/mol. The summed E-state index contributed by atoms with van der Waals surface area (Å²) < 4.78 is 10.4. The number of carbonyl (C=O) groups is 1. The number of hydrogen-bond donors (Lipinski definition) is 2. The Morgan fingerprint density at radius 3 is 2.82 bits per heavy atom. The normalized spacial score (nSPS) is 17.0. The van der Waals surface area contributed by atoms with E-state index < -0.39 is 0 Å². The summed E-state index contributed by atoms with van der Waals surface area (Å²) in [5.74, 6) is 1.54. The summed E-state index contributed by atoms with van der Waals surface area (Å²) in [6.07, 6.45) is 2.61. The molecule has 1 aliphatic rings. The van der Waals surface area contributed by atoms with Crippen LogP contribution in [0.1, 0.15) is 29.5 Å². The number of furan rings is 1. The summed E-state index contributed by atoms with van der Waals surface area (Å²) >= 11 is 0. The number of guanidine groups is 1. The van der Waals surface area contributed by atoms with Gasteiger partial charge in [-0.15, -0.1) is 0 Å². The standard InChI is InChI=1S/C21H28N4O3/c1-3-22-21(25-11-10-17(14-25)15-27-2)23-13-16-6-8-18(9-7-16)24-20(26)19-5-4-12-28-19/h4-9,12,17H,3,10-11,13-15H2,1-2H3,(H,22,23)(H,24,26). The Kier molecular flexibility index (Phi) is 7.08. The second kappa shape index (κ2) is 9.94. The van der Waals surface area contributed by atoms with Crippen molar-refractivity contribution >= 4 is 17.6 Å². The Morgan fingerprint density at radius 2 is 2.14 bits per heavy atom. The third-order valence-electron chi connectivity index (χ3n) is 4.69. The van der Waals surface area contributed by atoms with E-state index in [4.69, 9.17) is 14.1 Å². The smallest absolute Gasteiger partial charge is 0.291 e. The van der Waals surface area contributed by atoms with Crippen molar-refractivity contribution in [3.63, 3.8) is 0 Å². The molecular weight excluding hydrogens is 356 g/mol. The van der Waals surface area contributed by atoms with Gasteiger partial charge in [0.25, 0.3) is 5.91 Å². The van der Waals surface area contributed by atoms with Gasteiger partial charge in [0, 0.05) is 38.3 Å². The number of nitrogens with one attached hydrogen (secondary N) is 2. The maximum atomic E-state index is 12.0. The summed E-state index contributed by atoms with van der Waals surface area (Å²) in [7, 11) is 1.75. The van der Waals surface area contributed by atoms with Crippen molar-refractivity contribution in [3.05, 3.63) is 54.0 Å². The number of hydrogen-bond acceptors (Lipinski definition) is 4. The van der Waals surface area contributed by atoms with Gasteiger partial charge in [0.15, 0.2) is 11.7 Å². The van der Waals surface area contributed by atoms with E-state index >= 15 is 0 Å². The number of rotatable bonds is 7. The molecule has 0 bridgehead atoms. The summed E-state index contributed by atoms with van der Waals surface area (Å²) in [5, 5.41) is 6.20. The van der Waals surface area contributed by atoms with E-state index in [9.17, 15) is 4.79 Å². The third-order valence-corrected chi connectivity index (χ3v) is 4.69. The van der Waals surface area contributed by atoms with E-state index in [1.54, 1.807) is 19.2 Å². The lowest BCUT2D eigenvalue weighted by molar-refractivity contribution is 0.0996. The summed E-state index contributed by atoms with van der Waals surface area (Å²) in [4.78, 5) is 19.1. The van der Waals surface area contributed by atoms with Gasteiger partial charge in [0.05, 0.1) is 19.4 Å². The topological polar surface area (TPSA) is 79.1 Å². The van der Waals surface area contributed by atoms with Crippen molar-refractivity contribution in [3.8, 4) is 0 Å². The van der Waals surface area contributed by atoms with Crippen LogP contribution in [0.4, 0.5) is 5.69 Å². The number of anilines is 1. The van der Waals surface area contributed by atoms with Crippen LogP contribution >= 0.6 is 0 Å². The van der Waals surface area contributed by atoms with Crippen LogP contribution in [0.5, 0.6) is 0 Å². The maximum absolute atomic E-state index is 12.0. The third kappa shape index (κ3) is 5.36. The molecule has 0 radical (unpaired) electrons. The van der Waals surface area contributed by atoms with Gasteiger partial charge in [-0.25, -0.2) is 4.99 Å². The first-order chi connectivity index (χ1) is 13.7. The molecule has 2 aromatic rings. The Morgan fingerprint density at radius 1 is 1.32 bits per heavy atom. The molecule has 0 aliphatic carbocycles. The van der Waals surface area contributed by atoms with Crippen LogP contribution in [-0.2, 0) is 11.3 Å². The molecule has 0 saturated carbocycles. The van der Waals surface area contributed by atoms with Crippen molar-refractivity contribution in [2.45, 2.75) is 19.9 Å². The number of nitrogens with zero attached hydrogens (tertiary/aromatic N) is 2. The highest BCUT2D eigenvalue weighted by Crippen LogP contribution is 2.17. The number of benzene rings is 1. The molecule has 2 N–H and O–H groups in total. The molecule has 3 rings (SSSR count). The molecule has 7 heteroatoms. The van der Waals surface area contributed by atoms with E-state index in [1.807, 2.05) is 24.3 Å². The predicted molar refractivity (Wildman–Crippen MR) is 109 cm³/mol. The number of aliphatic imine (C=N–C) groups is 1. The van der Waals surface area contributed by atoms with Crippen molar-refractivity contribution < 1.29 is 13.9 Å². The van der Waals surface area contributed by atoms with Crippen LogP contribution in [0.25, 0.3) is 0 Å². The van der Waals surface area contributed by atoms with E-state index in [2.05, 4.69) is 22.5 Å². The van der Waals surface area contributed by atoms with Gasteiger partial charge in [-0.3, -0.25) is 4.79 Å². The number of likely N-dealkylation sites (tertiary alicyclic amines) is 1. The number of methoxy groups -OCH3 is 1. The molecule has 7 nitrogen and oxygen atoms in total. The fourth-order valence-electron chi connectivity index (χ4n) is 3.28. The van der Waals surface area contributed by atoms with Gasteiger partial charge in [0.1, 0.15) is 0 Å². The Balaban J connectivity index is 1.58. The van der Waals surface area contributed by atoms with Gasteiger partial charge in [-0.05, 0) is 43.2 Å². The molecule has 1 fully saturated rings. The minimum absolute atomic E-state index is 0.259. The predicted octanol–water partition coefficient (Wildman–Crippen LogP) is 2.97. The lowest BCUT2D eigenvalue weighted by atomic mass is 10.1. The molecule has 1 aromatic carbocycles. The highest BCUT2D eigenvalue weighted by molar-refractivity contribution is 6.02. The molecule has 150 valence electrons. The molecule has 1 saturated heterocycles. The second-order valence-electron chi connectivity index (χ2n) is 6.85. The Bertz CT molecular complexity index is 771. The molecular formula is C21H28N4O3. The van der Waals surface area contributed by atoms with Crippen molar-refractivity contribution in [2.75, 3.05) is 38.7 Å². The largest absolute Gasteiger partial charge is 0.459 e. The number of carbonyl (C=O) groups excluding carboxylic acids is 1. The average Bonchev–Trinajstić information content (AvgIpc) is 3.39. The van der Waals surface area contributed by atoms with Crippen LogP contribution in [-0.4, -0.2) is 50.1 Å². The van der Waals surface area contributed by atoms with E-state index in [0.717, 1.165) is 49.9 Å². The van der Waals surface area contributed by atoms with Crippen LogP contribution in [0.3, 0.4) is 0 Å². The molecule has 28 heavy (non-hydrogen) atoms. The molecule has 1 atom stereocenters. The van der Waals surface area contributed by atoms with Gasteiger partial charge in [-0.1, -0.05) is 12.1 Å². The molecule has 1 amide bonds. The number of ether oxygens (including phenoxy) is 1. The first kappa shape index (κ1) is 19.9. The molecule has 1 aromatic heterocycles. The fourth-order valence-corrected chi connectivity index (χ4v) is 3.28. The van der Waals surface area contributed by atoms with Crippen molar-refractivity contribution in [2.24, 2.45) is 10.9 Å². The van der Waals surface area contributed by atoms with Crippen LogP contribution < -0.4 is 10.6 Å². The van der Waals surface area contributed by atoms with Crippen molar-refractivity contribution in [1.29, 1.82) is 0 Å². The van der Waals surface area contributed by atoms with Gasteiger partial charge < -0.3 is 24.7 Å². The summed E-state index contributed by atoms with van der Waals surface area (Å²) in [6.45, 7) is 6.26. The minimum atomic E-state index is -0.259. The zero-order chi connectivity index (χ0) is 19.8. The minimum Gasteiger partial charge on any atom is -0.459 e. The summed E-state index contributed by atoms with van der Waals surface area (Å²) in [5.41, 5.74) is 1.81. The lowest BCUT2D eigenvalue weighted by Crippen LogP contribution is -2.40. The van der Waals surface area contributed by atoms with E-state index in [-0.39, 0.29) is 5.91 Å². The van der Waals surface area contributed by atoms with E-state index in [0.29, 0.717) is 18.2 Å². The first-order valence-corrected chi connectivity index (χ1v) is 9.65. The first-order valence-electron chi connectivity index (χ1n) is 9.65. The zero-order valence-electron chi connectivity index (χ0n) is 16.5. The second-order valence-corrected chi connectivity index (χ2v) is 6.85. The molecule has 0 spiro atoms. The van der Waals surface area contributed by atoms with E-state index in [1.165, 1.54) is 6.26 Å². The van der Waals surface area contributed by atoms with Gasteiger partial charge in [0.2, 0.25) is 0 Å². The highest BCUT2D eigenvalue weighted by atomic mass is 16.5. The molecule has 1 aliphatic heterocycles.